The predicted octanol–water partition coefficient (Wildman–Crippen LogP) is 2.66. The highest BCUT2D eigenvalue weighted by Gasteiger charge is 2.23. The van der Waals surface area contributed by atoms with Gasteiger partial charge in [-0.3, -0.25) is 0 Å². The van der Waals surface area contributed by atoms with E-state index in [1.807, 2.05) is 31.2 Å². The van der Waals surface area contributed by atoms with Crippen LogP contribution in [0.2, 0.25) is 0 Å². The molecule has 2 amide bonds. The predicted molar refractivity (Wildman–Crippen MR) is 83.4 cm³/mol. The first-order valence-corrected chi connectivity index (χ1v) is 8.04. The van der Waals surface area contributed by atoms with E-state index >= 15 is 0 Å². The number of ether oxygens (including phenoxy) is 1. The normalized spacial score (nSPS) is 19.6. The second kappa shape index (κ2) is 6.41. The summed E-state index contributed by atoms with van der Waals surface area (Å²) in [6, 6.07) is 7.84. The van der Waals surface area contributed by atoms with E-state index in [1.165, 1.54) is 0 Å². The molecule has 0 aliphatic carbocycles. The topological polar surface area (TPSA) is 63.2 Å². The van der Waals surface area contributed by atoms with Gasteiger partial charge in [-0.05, 0) is 31.9 Å². The molecule has 0 spiro atoms. The number of hydrogen-bond acceptors (Lipinski definition) is 4. The van der Waals surface area contributed by atoms with E-state index < -0.39 is 0 Å². The van der Waals surface area contributed by atoms with Crippen LogP contribution in [0, 0.1) is 0 Å². The smallest absolute Gasteiger partial charge is 0.315 e. The zero-order valence-electron chi connectivity index (χ0n) is 12.0. The number of hydrogen-bond donors (Lipinski definition) is 2. The maximum Gasteiger partial charge on any atom is 0.315 e. The number of urea groups is 1. The van der Waals surface area contributed by atoms with Gasteiger partial charge in [-0.2, -0.15) is 0 Å². The maximum absolute atomic E-state index is 11.9. The molecular weight excluding hydrogens is 286 g/mol. The molecule has 1 saturated heterocycles. The van der Waals surface area contributed by atoms with Crippen LogP contribution in [-0.4, -0.2) is 29.8 Å². The largest absolute Gasteiger partial charge is 0.376 e. The fourth-order valence-electron chi connectivity index (χ4n) is 2.50. The Morgan fingerprint density at radius 1 is 1.52 bits per heavy atom. The summed E-state index contributed by atoms with van der Waals surface area (Å²) < 4.78 is 6.71. The summed E-state index contributed by atoms with van der Waals surface area (Å²) in [6.07, 6.45) is 2.22. The van der Waals surface area contributed by atoms with Gasteiger partial charge in [-0.15, -0.1) is 11.3 Å². The molecule has 2 heterocycles. The molecule has 2 atom stereocenters. The Morgan fingerprint density at radius 3 is 3.14 bits per heavy atom. The molecule has 3 rings (SSSR count). The Kier molecular flexibility index (Phi) is 4.36. The Balaban J connectivity index is 1.50. The van der Waals surface area contributed by atoms with Gasteiger partial charge in [-0.25, -0.2) is 9.78 Å². The minimum Gasteiger partial charge on any atom is -0.376 e. The summed E-state index contributed by atoms with van der Waals surface area (Å²) in [4.78, 5) is 16.4. The van der Waals surface area contributed by atoms with E-state index in [0.717, 1.165) is 34.7 Å². The van der Waals surface area contributed by atoms with Crippen molar-refractivity contribution in [2.45, 2.75) is 38.5 Å². The van der Waals surface area contributed by atoms with Crippen molar-refractivity contribution in [3.63, 3.8) is 0 Å². The minimum absolute atomic E-state index is 0.0304. The summed E-state index contributed by atoms with van der Waals surface area (Å²) in [5.41, 5.74) is 0.979. The van der Waals surface area contributed by atoms with Crippen molar-refractivity contribution in [3.05, 3.63) is 29.3 Å². The zero-order chi connectivity index (χ0) is 14.7. The summed E-state index contributed by atoms with van der Waals surface area (Å²) >= 11 is 1.61. The summed E-state index contributed by atoms with van der Waals surface area (Å²) in [5.74, 6) is 0. The number of carbonyl (C=O) groups excluding carboxylic acids is 1. The molecule has 1 fully saturated rings. The van der Waals surface area contributed by atoms with Crippen molar-refractivity contribution in [1.82, 2.24) is 15.6 Å². The van der Waals surface area contributed by atoms with E-state index in [9.17, 15) is 4.79 Å². The highest BCUT2D eigenvalue weighted by Crippen LogP contribution is 2.21. The zero-order valence-corrected chi connectivity index (χ0v) is 12.8. The van der Waals surface area contributed by atoms with Crippen LogP contribution < -0.4 is 10.6 Å². The van der Waals surface area contributed by atoms with E-state index in [-0.39, 0.29) is 18.2 Å². The number of aromatic nitrogens is 1. The molecule has 0 unspecified atom stereocenters. The first-order chi connectivity index (χ1) is 10.2. The van der Waals surface area contributed by atoms with Crippen LogP contribution in [0.3, 0.4) is 0 Å². The Bertz CT molecular complexity index is 589. The Labute approximate surface area is 127 Å². The number of nitrogens with zero attached hydrogens (tertiary/aromatic N) is 1. The van der Waals surface area contributed by atoms with Gasteiger partial charge >= 0.3 is 6.03 Å². The lowest BCUT2D eigenvalue weighted by Crippen LogP contribution is -2.45. The van der Waals surface area contributed by atoms with E-state index in [2.05, 4.69) is 15.6 Å². The number of rotatable bonds is 4. The lowest BCUT2D eigenvalue weighted by Gasteiger charge is -2.19. The third kappa shape index (κ3) is 3.51. The summed E-state index contributed by atoms with van der Waals surface area (Å²) in [7, 11) is 0. The minimum atomic E-state index is -0.169. The monoisotopic (exact) mass is 305 g/mol. The molecule has 6 heteroatoms. The molecule has 112 valence electrons. The van der Waals surface area contributed by atoms with Gasteiger partial charge in [0, 0.05) is 6.61 Å². The van der Waals surface area contributed by atoms with E-state index in [1.54, 1.807) is 11.3 Å². The second-order valence-corrected chi connectivity index (χ2v) is 6.36. The molecule has 2 N–H and O–H groups in total. The van der Waals surface area contributed by atoms with Gasteiger partial charge in [0.1, 0.15) is 5.01 Å². The van der Waals surface area contributed by atoms with Crippen molar-refractivity contribution in [1.29, 1.82) is 0 Å². The third-order valence-corrected chi connectivity index (χ3v) is 4.66. The fourth-order valence-corrected chi connectivity index (χ4v) is 3.41. The Hall–Kier alpha value is -1.66. The maximum atomic E-state index is 11.9. The molecule has 1 aliphatic heterocycles. The standard InChI is InChI=1S/C15H19N3O2S/c1-10(12-6-4-8-20-12)17-15(19)16-9-14-18-11-5-2-3-7-13(11)21-14/h2-3,5,7,10,12H,4,6,8-9H2,1H3,(H2,16,17,19)/t10-,12+/m1/s1. The highest BCUT2D eigenvalue weighted by molar-refractivity contribution is 7.18. The van der Waals surface area contributed by atoms with Crippen molar-refractivity contribution < 1.29 is 9.53 Å². The lowest BCUT2D eigenvalue weighted by molar-refractivity contribution is 0.0860. The molecule has 5 nitrogen and oxygen atoms in total. The van der Waals surface area contributed by atoms with Crippen molar-refractivity contribution in [2.24, 2.45) is 0 Å². The van der Waals surface area contributed by atoms with Crippen LogP contribution in [0.25, 0.3) is 10.2 Å². The number of benzene rings is 1. The molecule has 2 aromatic rings. The van der Waals surface area contributed by atoms with Gasteiger partial charge in [-0.1, -0.05) is 12.1 Å². The molecule has 1 aliphatic rings. The average Bonchev–Trinajstić information content (AvgIpc) is 3.14. The SMILES string of the molecule is C[C@@H](NC(=O)NCc1nc2ccccc2s1)[C@@H]1CCCO1. The van der Waals surface area contributed by atoms with Crippen LogP contribution in [0.15, 0.2) is 24.3 Å². The van der Waals surface area contributed by atoms with Crippen LogP contribution in [-0.2, 0) is 11.3 Å². The van der Waals surface area contributed by atoms with Crippen LogP contribution in [0.5, 0.6) is 0 Å². The molecule has 21 heavy (non-hydrogen) atoms. The molecule has 1 aromatic carbocycles. The number of thiazole rings is 1. The number of nitrogens with one attached hydrogen (secondary N) is 2. The first kappa shape index (κ1) is 14.3. The number of fused-ring (bicyclic) bond motifs is 1. The Morgan fingerprint density at radius 2 is 2.38 bits per heavy atom. The first-order valence-electron chi connectivity index (χ1n) is 7.23. The second-order valence-electron chi connectivity index (χ2n) is 5.24. The van der Waals surface area contributed by atoms with Crippen molar-refractivity contribution in [2.75, 3.05) is 6.61 Å². The fraction of sp³-hybridized carbons (Fsp3) is 0.467. The van der Waals surface area contributed by atoms with Gasteiger partial charge in [0.05, 0.1) is 28.9 Å². The molecule has 0 bridgehead atoms. The quantitative estimate of drug-likeness (QED) is 0.913. The van der Waals surface area contributed by atoms with Gasteiger partial charge < -0.3 is 15.4 Å². The van der Waals surface area contributed by atoms with Crippen LogP contribution in [0.4, 0.5) is 4.79 Å². The number of carbonyl (C=O) groups is 1. The number of para-hydroxylation sites is 1. The lowest BCUT2D eigenvalue weighted by atomic mass is 10.1. The third-order valence-electron chi connectivity index (χ3n) is 3.62. The van der Waals surface area contributed by atoms with Crippen molar-refractivity contribution in [3.8, 4) is 0 Å². The van der Waals surface area contributed by atoms with Gasteiger partial charge in [0.2, 0.25) is 0 Å². The van der Waals surface area contributed by atoms with Crippen LogP contribution >= 0.6 is 11.3 Å². The molecule has 1 aromatic heterocycles. The molecular formula is C15H19N3O2S. The van der Waals surface area contributed by atoms with Crippen molar-refractivity contribution >= 4 is 27.6 Å². The number of amides is 2. The summed E-state index contributed by atoms with van der Waals surface area (Å²) in [6.45, 7) is 3.22. The average molecular weight is 305 g/mol. The molecule has 0 saturated carbocycles. The van der Waals surface area contributed by atoms with E-state index in [4.69, 9.17) is 4.74 Å². The highest BCUT2D eigenvalue weighted by atomic mass is 32.1. The van der Waals surface area contributed by atoms with Crippen LogP contribution in [0.1, 0.15) is 24.8 Å². The van der Waals surface area contributed by atoms with Gasteiger partial charge in [0.15, 0.2) is 0 Å². The van der Waals surface area contributed by atoms with Gasteiger partial charge in [0.25, 0.3) is 0 Å². The molecule has 0 radical (unpaired) electrons. The van der Waals surface area contributed by atoms with E-state index in [0.29, 0.717) is 6.54 Å². The summed E-state index contributed by atoms with van der Waals surface area (Å²) in [5, 5.41) is 6.70.